The number of amides is 2. The van der Waals surface area contributed by atoms with Gasteiger partial charge in [0.2, 0.25) is 0 Å². The molecule has 1 aromatic rings. The molecule has 0 spiro atoms. The minimum Gasteiger partial charge on any atom is -0.444 e. The molecule has 0 saturated carbocycles. The van der Waals surface area contributed by atoms with Crippen LogP contribution < -0.4 is 11.5 Å². The lowest BCUT2D eigenvalue weighted by Gasteiger charge is -2.24. The fourth-order valence-corrected chi connectivity index (χ4v) is 2.29. The number of hydrogen-bond donors (Lipinski definition) is 2. The molecular formula is C13H21N5O3. The van der Waals surface area contributed by atoms with E-state index in [1.807, 2.05) is 20.8 Å². The largest absolute Gasteiger partial charge is 0.444 e. The molecule has 0 aromatic carbocycles. The summed E-state index contributed by atoms with van der Waals surface area (Å²) in [6.45, 7) is 6.47. The number of nitrogens with zero attached hydrogens (tertiary/aromatic N) is 3. The van der Waals surface area contributed by atoms with Crippen LogP contribution in [0, 0.1) is 0 Å². The van der Waals surface area contributed by atoms with Crippen LogP contribution in [0.5, 0.6) is 0 Å². The van der Waals surface area contributed by atoms with E-state index in [-0.39, 0.29) is 23.5 Å². The van der Waals surface area contributed by atoms with Gasteiger partial charge in [0, 0.05) is 13.1 Å². The Balaban J connectivity index is 2.06. The van der Waals surface area contributed by atoms with Crippen LogP contribution in [0.15, 0.2) is 6.20 Å². The minimum absolute atomic E-state index is 0.0781. The van der Waals surface area contributed by atoms with Gasteiger partial charge >= 0.3 is 6.09 Å². The van der Waals surface area contributed by atoms with Crippen molar-refractivity contribution in [3.8, 4) is 0 Å². The van der Waals surface area contributed by atoms with Gasteiger partial charge in [-0.1, -0.05) is 0 Å². The number of nitrogens with two attached hydrogens (primary N) is 2. The number of carbonyl (C=O) groups excluding carboxylic acids is 2. The molecule has 1 unspecified atom stereocenters. The maximum Gasteiger partial charge on any atom is 0.410 e. The summed E-state index contributed by atoms with van der Waals surface area (Å²) in [5.41, 5.74) is 10.8. The van der Waals surface area contributed by atoms with Gasteiger partial charge in [-0.25, -0.2) is 9.48 Å². The van der Waals surface area contributed by atoms with Crippen molar-refractivity contribution in [3.05, 3.63) is 11.8 Å². The van der Waals surface area contributed by atoms with Gasteiger partial charge in [-0.15, -0.1) is 0 Å². The highest BCUT2D eigenvalue weighted by Gasteiger charge is 2.32. The zero-order chi connectivity index (χ0) is 15.8. The summed E-state index contributed by atoms with van der Waals surface area (Å²) in [6, 6.07) is -0.0781. The van der Waals surface area contributed by atoms with Crippen LogP contribution in [0.4, 0.5) is 10.6 Å². The Hall–Kier alpha value is -2.25. The SMILES string of the molecule is CC(C)(C)OC(=O)N1CCC(n2ncc(C(N)=O)c2N)C1. The summed E-state index contributed by atoms with van der Waals surface area (Å²) in [4.78, 5) is 24.8. The van der Waals surface area contributed by atoms with Crippen molar-refractivity contribution in [1.29, 1.82) is 0 Å². The van der Waals surface area contributed by atoms with Crippen molar-refractivity contribution in [1.82, 2.24) is 14.7 Å². The van der Waals surface area contributed by atoms with E-state index in [9.17, 15) is 9.59 Å². The molecule has 1 aliphatic rings. The molecule has 2 amide bonds. The number of likely N-dealkylation sites (tertiary alicyclic amines) is 1. The minimum atomic E-state index is -0.610. The fourth-order valence-electron chi connectivity index (χ4n) is 2.29. The standard InChI is InChI=1S/C13H21N5O3/c1-13(2,3)21-12(20)17-5-4-8(7-17)18-10(14)9(6-16-18)11(15)19/h6,8H,4-5,7,14H2,1-3H3,(H2,15,19). The fraction of sp³-hybridized carbons (Fsp3) is 0.615. The van der Waals surface area contributed by atoms with Crippen molar-refractivity contribution in [3.63, 3.8) is 0 Å². The highest BCUT2D eigenvalue weighted by Crippen LogP contribution is 2.26. The van der Waals surface area contributed by atoms with Crippen LogP contribution >= 0.6 is 0 Å². The smallest absolute Gasteiger partial charge is 0.410 e. The van der Waals surface area contributed by atoms with Crippen LogP contribution in [0.25, 0.3) is 0 Å². The molecule has 1 aromatic heterocycles. The van der Waals surface area contributed by atoms with Crippen molar-refractivity contribution in [2.45, 2.75) is 38.8 Å². The second kappa shape index (κ2) is 5.27. The third-order valence-electron chi connectivity index (χ3n) is 3.26. The second-order valence-electron chi connectivity index (χ2n) is 6.12. The van der Waals surface area contributed by atoms with E-state index in [1.54, 1.807) is 9.58 Å². The number of carbonyl (C=O) groups is 2. The summed E-state index contributed by atoms with van der Waals surface area (Å²) < 4.78 is 6.88. The second-order valence-corrected chi connectivity index (χ2v) is 6.12. The lowest BCUT2D eigenvalue weighted by Crippen LogP contribution is -2.35. The Morgan fingerprint density at radius 1 is 1.43 bits per heavy atom. The summed E-state index contributed by atoms with van der Waals surface area (Å²) in [6.07, 6.45) is 1.70. The number of anilines is 1. The average molecular weight is 295 g/mol. The van der Waals surface area contributed by atoms with E-state index in [1.165, 1.54) is 6.20 Å². The van der Waals surface area contributed by atoms with Crippen LogP contribution in [0.2, 0.25) is 0 Å². The van der Waals surface area contributed by atoms with E-state index >= 15 is 0 Å². The molecule has 1 atom stereocenters. The number of rotatable bonds is 2. The highest BCUT2D eigenvalue weighted by molar-refractivity contribution is 5.96. The van der Waals surface area contributed by atoms with Crippen molar-refractivity contribution < 1.29 is 14.3 Å². The summed E-state index contributed by atoms with van der Waals surface area (Å²) in [5.74, 6) is -0.376. The third kappa shape index (κ3) is 3.26. The van der Waals surface area contributed by atoms with Crippen LogP contribution in [0.1, 0.15) is 43.6 Å². The molecule has 0 aliphatic carbocycles. The molecule has 4 N–H and O–H groups in total. The molecule has 1 saturated heterocycles. The van der Waals surface area contributed by atoms with Gasteiger partial charge in [0.15, 0.2) is 0 Å². The predicted molar refractivity (Wildman–Crippen MR) is 76.6 cm³/mol. The Bertz CT molecular complexity index is 561. The van der Waals surface area contributed by atoms with Gasteiger partial charge in [0.25, 0.3) is 5.91 Å². The van der Waals surface area contributed by atoms with E-state index < -0.39 is 11.5 Å². The molecule has 1 fully saturated rings. The molecule has 2 rings (SSSR count). The van der Waals surface area contributed by atoms with E-state index in [4.69, 9.17) is 16.2 Å². The zero-order valence-electron chi connectivity index (χ0n) is 12.5. The van der Waals surface area contributed by atoms with Crippen LogP contribution in [-0.4, -0.2) is 45.4 Å². The lowest BCUT2D eigenvalue weighted by atomic mass is 10.2. The van der Waals surface area contributed by atoms with Gasteiger partial charge in [-0.2, -0.15) is 5.10 Å². The van der Waals surface area contributed by atoms with E-state index in [2.05, 4.69) is 5.10 Å². The quantitative estimate of drug-likeness (QED) is 0.834. The molecule has 116 valence electrons. The summed E-state index contributed by atoms with van der Waals surface area (Å²) in [5, 5.41) is 4.10. The first-order chi connectivity index (χ1) is 9.69. The van der Waals surface area contributed by atoms with Gasteiger partial charge in [0.05, 0.1) is 12.2 Å². The molecule has 2 heterocycles. The molecule has 21 heavy (non-hydrogen) atoms. The molecular weight excluding hydrogens is 274 g/mol. The van der Waals surface area contributed by atoms with Gasteiger partial charge in [-0.05, 0) is 27.2 Å². The summed E-state index contributed by atoms with van der Waals surface area (Å²) >= 11 is 0. The lowest BCUT2D eigenvalue weighted by molar-refractivity contribution is 0.0288. The average Bonchev–Trinajstić information content (AvgIpc) is 2.92. The van der Waals surface area contributed by atoms with Crippen molar-refractivity contribution in [2.24, 2.45) is 5.73 Å². The molecule has 8 nitrogen and oxygen atoms in total. The predicted octanol–water partition coefficient (Wildman–Crippen LogP) is 0.746. The summed E-state index contributed by atoms with van der Waals surface area (Å²) in [7, 11) is 0. The highest BCUT2D eigenvalue weighted by atomic mass is 16.6. The Morgan fingerprint density at radius 3 is 2.62 bits per heavy atom. The Labute approximate surface area is 123 Å². The van der Waals surface area contributed by atoms with Gasteiger partial charge in [0.1, 0.15) is 17.0 Å². The first-order valence-corrected chi connectivity index (χ1v) is 6.80. The van der Waals surface area contributed by atoms with Crippen molar-refractivity contribution in [2.75, 3.05) is 18.8 Å². The molecule has 1 aliphatic heterocycles. The van der Waals surface area contributed by atoms with Crippen LogP contribution in [-0.2, 0) is 4.74 Å². The van der Waals surface area contributed by atoms with E-state index in [0.29, 0.717) is 19.5 Å². The maximum atomic E-state index is 12.0. The molecule has 8 heteroatoms. The number of hydrogen-bond acceptors (Lipinski definition) is 5. The Kier molecular flexibility index (Phi) is 3.80. The monoisotopic (exact) mass is 295 g/mol. The first-order valence-electron chi connectivity index (χ1n) is 6.80. The molecule has 0 bridgehead atoms. The third-order valence-corrected chi connectivity index (χ3v) is 3.26. The van der Waals surface area contributed by atoms with Gasteiger partial charge in [-0.3, -0.25) is 4.79 Å². The Morgan fingerprint density at radius 2 is 2.10 bits per heavy atom. The number of primary amides is 1. The maximum absolute atomic E-state index is 12.0. The first kappa shape index (κ1) is 15.1. The van der Waals surface area contributed by atoms with Crippen molar-refractivity contribution >= 4 is 17.8 Å². The van der Waals surface area contributed by atoms with Crippen LogP contribution in [0.3, 0.4) is 0 Å². The zero-order valence-corrected chi connectivity index (χ0v) is 12.5. The van der Waals surface area contributed by atoms with E-state index in [0.717, 1.165) is 0 Å². The molecule has 0 radical (unpaired) electrons. The number of nitrogen functional groups attached to an aromatic ring is 1. The van der Waals surface area contributed by atoms with Gasteiger partial charge < -0.3 is 21.1 Å². The number of ether oxygens (including phenoxy) is 1. The number of aromatic nitrogens is 2. The topological polar surface area (TPSA) is 116 Å². The normalized spacial score (nSPS) is 18.8.